The normalized spacial score (nSPS) is 10.7. The number of hydrogen-bond donors (Lipinski definition) is 2. The van der Waals surface area contributed by atoms with E-state index < -0.39 is 0 Å². The first-order valence-electron chi connectivity index (χ1n) is 6.32. The summed E-state index contributed by atoms with van der Waals surface area (Å²) in [7, 11) is 0. The Morgan fingerprint density at radius 3 is 2.67 bits per heavy atom. The third-order valence-electron chi connectivity index (χ3n) is 3.01. The van der Waals surface area contributed by atoms with Gasteiger partial charge in [-0.3, -0.25) is 0 Å². The summed E-state index contributed by atoms with van der Waals surface area (Å²) < 4.78 is 7.05. The lowest BCUT2D eigenvalue weighted by molar-refractivity contribution is 0.310. The van der Waals surface area contributed by atoms with Gasteiger partial charge in [0.05, 0.1) is 10.9 Å². The number of nitrogens with two attached hydrogens (primary N) is 2. The average Bonchev–Trinajstić information content (AvgIpc) is 2.44. The Hall–Kier alpha value is -2.09. The van der Waals surface area contributed by atoms with Gasteiger partial charge in [-0.25, -0.2) is 4.98 Å². The number of fused-ring (bicyclic) bond motifs is 1. The molecule has 0 saturated heterocycles. The highest BCUT2D eigenvalue weighted by atomic mass is 127. The molecular weight excluding hydrogens is 379 g/mol. The standard InChI is InChI=1S/C15H13IN4O/c16-10-4-1-3-9(7-10)8-21-12-6-2-5-11-13(12)14(17)20-15(18)19-11/h1-7H,8H2,(H4,17,18,19,20). The Morgan fingerprint density at radius 1 is 1.05 bits per heavy atom. The molecule has 0 atom stereocenters. The minimum absolute atomic E-state index is 0.162. The maximum Gasteiger partial charge on any atom is 0.222 e. The predicted molar refractivity (Wildman–Crippen MR) is 91.9 cm³/mol. The van der Waals surface area contributed by atoms with Crippen LogP contribution in [-0.4, -0.2) is 9.97 Å². The predicted octanol–water partition coefficient (Wildman–Crippen LogP) is 2.98. The van der Waals surface area contributed by atoms with E-state index >= 15 is 0 Å². The van der Waals surface area contributed by atoms with Crippen LogP contribution in [0, 0.1) is 3.57 Å². The molecule has 0 bridgehead atoms. The van der Waals surface area contributed by atoms with Crippen LogP contribution >= 0.6 is 22.6 Å². The Bertz CT molecular complexity index is 807. The molecule has 21 heavy (non-hydrogen) atoms. The van der Waals surface area contributed by atoms with E-state index in [9.17, 15) is 0 Å². The van der Waals surface area contributed by atoms with Crippen molar-refractivity contribution in [1.29, 1.82) is 0 Å². The fourth-order valence-corrected chi connectivity index (χ4v) is 2.71. The van der Waals surface area contributed by atoms with Crippen LogP contribution in [0.2, 0.25) is 0 Å². The van der Waals surface area contributed by atoms with E-state index in [0.29, 0.717) is 29.1 Å². The molecule has 0 aliphatic carbocycles. The Balaban J connectivity index is 1.94. The molecule has 0 saturated carbocycles. The van der Waals surface area contributed by atoms with Crippen LogP contribution in [-0.2, 0) is 6.61 Å². The number of nitrogen functional groups attached to an aromatic ring is 2. The van der Waals surface area contributed by atoms with Crippen molar-refractivity contribution in [2.24, 2.45) is 0 Å². The van der Waals surface area contributed by atoms with Gasteiger partial charge in [-0.05, 0) is 52.4 Å². The number of aromatic nitrogens is 2. The molecule has 0 radical (unpaired) electrons. The molecule has 2 aromatic carbocycles. The smallest absolute Gasteiger partial charge is 0.222 e. The third kappa shape index (κ3) is 2.99. The number of nitrogens with zero attached hydrogens (tertiary/aromatic N) is 2. The van der Waals surface area contributed by atoms with Gasteiger partial charge in [-0.15, -0.1) is 0 Å². The van der Waals surface area contributed by atoms with Crippen LogP contribution in [0.15, 0.2) is 42.5 Å². The molecule has 106 valence electrons. The summed E-state index contributed by atoms with van der Waals surface area (Å²) in [6, 6.07) is 13.7. The first kappa shape index (κ1) is 13.9. The largest absolute Gasteiger partial charge is 0.488 e. The van der Waals surface area contributed by atoms with Crippen molar-refractivity contribution in [3.63, 3.8) is 0 Å². The van der Waals surface area contributed by atoms with Gasteiger partial charge in [0.1, 0.15) is 18.2 Å². The molecule has 3 aromatic rings. The summed E-state index contributed by atoms with van der Waals surface area (Å²) in [5.41, 5.74) is 13.3. The molecule has 6 heteroatoms. The molecule has 1 aromatic heterocycles. The molecule has 5 nitrogen and oxygen atoms in total. The summed E-state index contributed by atoms with van der Waals surface area (Å²) in [6.45, 7) is 0.458. The van der Waals surface area contributed by atoms with Gasteiger partial charge in [-0.1, -0.05) is 18.2 Å². The second-order valence-corrected chi connectivity index (χ2v) is 5.78. The third-order valence-corrected chi connectivity index (χ3v) is 3.68. The van der Waals surface area contributed by atoms with Crippen LogP contribution < -0.4 is 16.2 Å². The number of rotatable bonds is 3. The molecule has 0 unspecified atom stereocenters. The lowest BCUT2D eigenvalue weighted by Gasteiger charge is -2.11. The van der Waals surface area contributed by atoms with Gasteiger partial charge in [0.15, 0.2) is 0 Å². The van der Waals surface area contributed by atoms with E-state index in [-0.39, 0.29) is 5.95 Å². The monoisotopic (exact) mass is 392 g/mol. The molecule has 0 spiro atoms. The van der Waals surface area contributed by atoms with E-state index in [1.807, 2.05) is 36.4 Å². The SMILES string of the molecule is Nc1nc(N)c2c(OCc3cccc(I)c3)cccc2n1. The first-order chi connectivity index (χ1) is 10.1. The highest BCUT2D eigenvalue weighted by Crippen LogP contribution is 2.29. The van der Waals surface area contributed by atoms with Crippen LogP contribution in [0.3, 0.4) is 0 Å². The molecular formula is C15H13IN4O. The lowest BCUT2D eigenvalue weighted by Crippen LogP contribution is -2.03. The van der Waals surface area contributed by atoms with Crippen molar-refractivity contribution in [1.82, 2.24) is 9.97 Å². The van der Waals surface area contributed by atoms with Crippen molar-refractivity contribution in [2.75, 3.05) is 11.5 Å². The second-order valence-electron chi connectivity index (χ2n) is 4.54. The Kier molecular flexibility index (Phi) is 3.78. The maximum atomic E-state index is 5.94. The molecule has 0 amide bonds. The van der Waals surface area contributed by atoms with Crippen molar-refractivity contribution in [3.8, 4) is 5.75 Å². The molecule has 0 aliphatic rings. The van der Waals surface area contributed by atoms with Gasteiger partial charge >= 0.3 is 0 Å². The Morgan fingerprint density at radius 2 is 1.86 bits per heavy atom. The maximum absolute atomic E-state index is 5.94. The average molecular weight is 392 g/mol. The fourth-order valence-electron chi connectivity index (χ4n) is 2.11. The van der Waals surface area contributed by atoms with Gasteiger partial charge in [0, 0.05) is 3.57 Å². The number of benzene rings is 2. The Labute approximate surface area is 135 Å². The van der Waals surface area contributed by atoms with Crippen LogP contribution in [0.4, 0.5) is 11.8 Å². The van der Waals surface area contributed by atoms with E-state index in [0.717, 1.165) is 5.56 Å². The summed E-state index contributed by atoms with van der Waals surface area (Å²) in [4.78, 5) is 8.17. The van der Waals surface area contributed by atoms with Crippen molar-refractivity contribution in [3.05, 3.63) is 51.6 Å². The molecule has 1 heterocycles. The summed E-state index contributed by atoms with van der Waals surface area (Å²) in [6.07, 6.45) is 0. The van der Waals surface area contributed by atoms with E-state index in [1.165, 1.54) is 3.57 Å². The van der Waals surface area contributed by atoms with Crippen LogP contribution in [0.1, 0.15) is 5.56 Å². The van der Waals surface area contributed by atoms with E-state index in [4.69, 9.17) is 16.2 Å². The second kappa shape index (κ2) is 5.72. The van der Waals surface area contributed by atoms with Crippen molar-refractivity contribution < 1.29 is 4.74 Å². The fraction of sp³-hybridized carbons (Fsp3) is 0.0667. The van der Waals surface area contributed by atoms with Crippen molar-refractivity contribution >= 4 is 45.3 Å². The summed E-state index contributed by atoms with van der Waals surface area (Å²) >= 11 is 2.27. The molecule has 4 N–H and O–H groups in total. The van der Waals surface area contributed by atoms with Gasteiger partial charge in [0.2, 0.25) is 5.95 Å². The van der Waals surface area contributed by atoms with Crippen LogP contribution in [0.5, 0.6) is 5.75 Å². The number of anilines is 2. The summed E-state index contributed by atoms with van der Waals surface area (Å²) in [5, 5.41) is 0.692. The highest BCUT2D eigenvalue weighted by Gasteiger charge is 2.09. The number of halogens is 1. The minimum Gasteiger partial charge on any atom is -0.488 e. The zero-order valence-electron chi connectivity index (χ0n) is 11.1. The highest BCUT2D eigenvalue weighted by molar-refractivity contribution is 14.1. The van der Waals surface area contributed by atoms with E-state index in [2.05, 4.69) is 38.6 Å². The molecule has 0 aliphatic heterocycles. The number of ether oxygens (including phenoxy) is 1. The van der Waals surface area contributed by atoms with Gasteiger partial charge < -0.3 is 16.2 Å². The first-order valence-corrected chi connectivity index (χ1v) is 7.40. The number of hydrogen-bond acceptors (Lipinski definition) is 5. The molecule has 0 fully saturated rings. The topological polar surface area (TPSA) is 87.0 Å². The van der Waals surface area contributed by atoms with Crippen LogP contribution in [0.25, 0.3) is 10.9 Å². The minimum atomic E-state index is 0.162. The lowest BCUT2D eigenvalue weighted by atomic mass is 10.2. The quantitative estimate of drug-likeness (QED) is 0.670. The zero-order valence-corrected chi connectivity index (χ0v) is 13.2. The zero-order chi connectivity index (χ0) is 14.8. The van der Waals surface area contributed by atoms with Crippen molar-refractivity contribution in [2.45, 2.75) is 6.61 Å². The van der Waals surface area contributed by atoms with Gasteiger partial charge in [-0.2, -0.15) is 4.98 Å². The molecule has 3 rings (SSSR count). The van der Waals surface area contributed by atoms with Gasteiger partial charge in [0.25, 0.3) is 0 Å². The summed E-state index contributed by atoms with van der Waals surface area (Å²) in [5.74, 6) is 1.15. The van der Waals surface area contributed by atoms with E-state index in [1.54, 1.807) is 0 Å².